The van der Waals surface area contributed by atoms with Crippen LogP contribution in [0.1, 0.15) is 31.2 Å². The van der Waals surface area contributed by atoms with E-state index in [9.17, 15) is 0 Å². The molecule has 2 aromatic heterocycles. The molecule has 20 heavy (non-hydrogen) atoms. The van der Waals surface area contributed by atoms with Crippen molar-refractivity contribution in [1.29, 1.82) is 0 Å². The first-order chi connectivity index (χ1) is 9.63. The maximum atomic E-state index is 4.45. The highest BCUT2D eigenvalue weighted by Gasteiger charge is 2.28. The summed E-state index contributed by atoms with van der Waals surface area (Å²) < 4.78 is 2.30. The van der Waals surface area contributed by atoms with Gasteiger partial charge in [0.15, 0.2) is 0 Å². The van der Waals surface area contributed by atoms with E-state index in [0.717, 1.165) is 25.5 Å². The molecule has 0 radical (unpaired) electrons. The number of anilines is 1. The molecule has 1 saturated heterocycles. The molecular weight excluding hydrogens is 248 g/mol. The van der Waals surface area contributed by atoms with Gasteiger partial charge in [0.25, 0.3) is 0 Å². The predicted octanol–water partition coefficient (Wildman–Crippen LogP) is 2.85. The molecule has 0 bridgehead atoms. The summed E-state index contributed by atoms with van der Waals surface area (Å²) in [7, 11) is 0. The Labute approximate surface area is 120 Å². The highest BCUT2D eigenvalue weighted by atomic mass is 15.2. The topological polar surface area (TPSA) is 34.0 Å². The molecule has 0 N–H and O–H groups in total. The third-order valence-corrected chi connectivity index (χ3v) is 3.90. The van der Waals surface area contributed by atoms with Crippen molar-refractivity contribution >= 4 is 5.82 Å². The Kier molecular flexibility index (Phi) is 3.47. The molecule has 3 rings (SSSR count). The van der Waals surface area contributed by atoms with E-state index in [2.05, 4.69) is 52.5 Å². The Morgan fingerprint density at radius 3 is 2.75 bits per heavy atom. The fourth-order valence-electron chi connectivity index (χ4n) is 2.82. The van der Waals surface area contributed by atoms with Crippen LogP contribution in [-0.4, -0.2) is 27.6 Å². The molecule has 106 valence electrons. The van der Waals surface area contributed by atoms with Crippen LogP contribution in [0.5, 0.6) is 0 Å². The lowest BCUT2D eigenvalue weighted by Crippen LogP contribution is -2.49. The standard InChI is InChI=1S/C16H22N4/c1-12(2)16-18-6-7-19(16)9-14-10-20(11-14)15-8-13(3)4-5-17-15/h4-8,12,14H,9-11H2,1-3H3. The second-order valence-corrected chi connectivity index (χ2v) is 6.05. The highest BCUT2D eigenvalue weighted by Crippen LogP contribution is 2.25. The normalized spacial score (nSPS) is 15.7. The number of hydrogen-bond donors (Lipinski definition) is 0. The van der Waals surface area contributed by atoms with Crippen molar-refractivity contribution in [2.24, 2.45) is 5.92 Å². The van der Waals surface area contributed by atoms with Gasteiger partial charge in [0, 0.05) is 50.1 Å². The minimum absolute atomic E-state index is 0.486. The van der Waals surface area contributed by atoms with E-state index in [1.54, 1.807) is 0 Å². The number of aryl methyl sites for hydroxylation is 1. The number of nitrogens with zero attached hydrogens (tertiary/aromatic N) is 4. The third kappa shape index (κ3) is 2.55. The monoisotopic (exact) mass is 270 g/mol. The highest BCUT2D eigenvalue weighted by molar-refractivity contribution is 5.43. The maximum absolute atomic E-state index is 4.45. The van der Waals surface area contributed by atoms with E-state index in [1.165, 1.54) is 11.4 Å². The van der Waals surface area contributed by atoms with Crippen molar-refractivity contribution in [3.05, 3.63) is 42.1 Å². The maximum Gasteiger partial charge on any atom is 0.128 e. The van der Waals surface area contributed by atoms with Gasteiger partial charge in [-0.05, 0) is 24.6 Å². The molecule has 0 saturated carbocycles. The van der Waals surface area contributed by atoms with Crippen molar-refractivity contribution in [3.8, 4) is 0 Å². The van der Waals surface area contributed by atoms with E-state index in [0.29, 0.717) is 11.8 Å². The Morgan fingerprint density at radius 1 is 1.25 bits per heavy atom. The van der Waals surface area contributed by atoms with Gasteiger partial charge in [-0.3, -0.25) is 0 Å². The number of aromatic nitrogens is 3. The van der Waals surface area contributed by atoms with Crippen molar-refractivity contribution in [2.75, 3.05) is 18.0 Å². The summed E-state index contributed by atoms with van der Waals surface area (Å²) >= 11 is 0. The largest absolute Gasteiger partial charge is 0.356 e. The van der Waals surface area contributed by atoms with Gasteiger partial charge in [-0.25, -0.2) is 9.97 Å². The zero-order valence-corrected chi connectivity index (χ0v) is 12.5. The molecule has 1 aliphatic heterocycles. The third-order valence-electron chi connectivity index (χ3n) is 3.90. The summed E-state index contributed by atoms with van der Waals surface area (Å²) in [6.45, 7) is 9.75. The summed E-state index contributed by atoms with van der Waals surface area (Å²) in [6.07, 6.45) is 5.90. The molecule has 0 aliphatic carbocycles. The molecule has 1 aliphatic rings. The zero-order valence-electron chi connectivity index (χ0n) is 12.5. The van der Waals surface area contributed by atoms with Gasteiger partial charge in [-0.2, -0.15) is 0 Å². The SMILES string of the molecule is Cc1ccnc(N2CC(Cn3ccnc3C(C)C)C2)c1. The lowest BCUT2D eigenvalue weighted by Gasteiger charge is -2.40. The molecule has 3 heterocycles. The van der Waals surface area contributed by atoms with Crippen LogP contribution in [0.25, 0.3) is 0 Å². The van der Waals surface area contributed by atoms with E-state index < -0.39 is 0 Å². The average Bonchev–Trinajstić information content (AvgIpc) is 2.81. The van der Waals surface area contributed by atoms with Gasteiger partial charge in [0.1, 0.15) is 11.6 Å². The first-order valence-electron chi connectivity index (χ1n) is 7.32. The Balaban J connectivity index is 1.60. The summed E-state index contributed by atoms with van der Waals surface area (Å²) in [6, 6.07) is 4.20. The van der Waals surface area contributed by atoms with Crippen LogP contribution in [0.2, 0.25) is 0 Å². The average molecular weight is 270 g/mol. The minimum Gasteiger partial charge on any atom is -0.356 e. The number of pyridine rings is 1. The van der Waals surface area contributed by atoms with Crippen molar-refractivity contribution in [3.63, 3.8) is 0 Å². The minimum atomic E-state index is 0.486. The van der Waals surface area contributed by atoms with Gasteiger partial charge < -0.3 is 9.47 Å². The molecule has 0 spiro atoms. The van der Waals surface area contributed by atoms with Gasteiger partial charge >= 0.3 is 0 Å². The smallest absolute Gasteiger partial charge is 0.128 e. The van der Waals surface area contributed by atoms with Crippen LogP contribution in [-0.2, 0) is 6.54 Å². The molecular formula is C16H22N4. The van der Waals surface area contributed by atoms with Gasteiger partial charge in [0.2, 0.25) is 0 Å². The van der Waals surface area contributed by atoms with Crippen LogP contribution < -0.4 is 4.90 Å². The molecule has 2 aromatic rings. The Morgan fingerprint density at radius 2 is 2.05 bits per heavy atom. The molecule has 0 amide bonds. The van der Waals surface area contributed by atoms with Gasteiger partial charge in [-0.1, -0.05) is 13.8 Å². The van der Waals surface area contributed by atoms with E-state index in [4.69, 9.17) is 0 Å². The van der Waals surface area contributed by atoms with Crippen molar-refractivity contribution in [1.82, 2.24) is 14.5 Å². The lowest BCUT2D eigenvalue weighted by atomic mass is 9.99. The summed E-state index contributed by atoms with van der Waals surface area (Å²) in [5, 5.41) is 0. The predicted molar refractivity (Wildman–Crippen MR) is 81.0 cm³/mol. The number of hydrogen-bond acceptors (Lipinski definition) is 3. The van der Waals surface area contributed by atoms with Crippen LogP contribution in [0.4, 0.5) is 5.82 Å². The van der Waals surface area contributed by atoms with E-state index in [-0.39, 0.29) is 0 Å². The fraction of sp³-hybridized carbons (Fsp3) is 0.500. The molecule has 1 fully saturated rings. The number of rotatable bonds is 4. The van der Waals surface area contributed by atoms with Crippen LogP contribution in [0, 0.1) is 12.8 Å². The van der Waals surface area contributed by atoms with Gasteiger partial charge in [0.05, 0.1) is 0 Å². The van der Waals surface area contributed by atoms with E-state index >= 15 is 0 Å². The number of imidazole rings is 1. The van der Waals surface area contributed by atoms with E-state index in [1.807, 2.05) is 18.5 Å². The molecule has 0 aromatic carbocycles. The first kappa shape index (κ1) is 13.2. The quantitative estimate of drug-likeness (QED) is 0.856. The van der Waals surface area contributed by atoms with Gasteiger partial charge in [-0.15, -0.1) is 0 Å². The molecule has 4 heteroatoms. The lowest BCUT2D eigenvalue weighted by molar-refractivity contribution is 0.349. The molecule has 4 nitrogen and oxygen atoms in total. The Bertz CT molecular complexity index is 582. The van der Waals surface area contributed by atoms with Crippen LogP contribution in [0.15, 0.2) is 30.7 Å². The van der Waals surface area contributed by atoms with Crippen molar-refractivity contribution < 1.29 is 0 Å². The van der Waals surface area contributed by atoms with Crippen LogP contribution >= 0.6 is 0 Å². The molecule has 0 unspecified atom stereocenters. The van der Waals surface area contributed by atoms with Crippen molar-refractivity contribution in [2.45, 2.75) is 33.2 Å². The Hall–Kier alpha value is -1.84. The zero-order chi connectivity index (χ0) is 14.1. The van der Waals surface area contributed by atoms with Crippen LogP contribution in [0.3, 0.4) is 0 Å². The summed E-state index contributed by atoms with van der Waals surface area (Å²) in [4.78, 5) is 11.2. The summed E-state index contributed by atoms with van der Waals surface area (Å²) in [5.41, 5.74) is 1.27. The first-order valence-corrected chi connectivity index (χ1v) is 7.32. The fourth-order valence-corrected chi connectivity index (χ4v) is 2.82. The molecule has 0 atom stereocenters. The summed E-state index contributed by atoms with van der Waals surface area (Å²) in [5.74, 6) is 3.48. The second-order valence-electron chi connectivity index (χ2n) is 6.05. The second kappa shape index (κ2) is 5.27.